The first-order chi connectivity index (χ1) is 20.7. The number of amides is 2. The summed E-state index contributed by atoms with van der Waals surface area (Å²) in [5.74, 6) is 1.39. The molecule has 0 unspecified atom stereocenters. The Hall–Kier alpha value is -3.71. The van der Waals surface area contributed by atoms with Gasteiger partial charge in [-0.05, 0) is 81.4 Å². The summed E-state index contributed by atoms with van der Waals surface area (Å²) < 4.78 is 19.6. The molecule has 9 nitrogen and oxygen atoms in total. The third-order valence-corrected chi connectivity index (χ3v) is 11.2. The number of nitrogens with zero attached hydrogens (tertiary/aromatic N) is 4. The topological polar surface area (TPSA) is 114 Å². The fourth-order valence-electron chi connectivity index (χ4n) is 8.62. The summed E-state index contributed by atoms with van der Waals surface area (Å²) in [5.41, 5.74) is 10.7. The van der Waals surface area contributed by atoms with Gasteiger partial charge in [0.1, 0.15) is 29.3 Å². The zero-order valence-electron chi connectivity index (χ0n) is 27.0. The highest BCUT2D eigenvalue weighted by Gasteiger charge is 2.68. The van der Waals surface area contributed by atoms with Crippen LogP contribution >= 0.6 is 0 Å². The van der Waals surface area contributed by atoms with Crippen molar-refractivity contribution in [3.05, 3.63) is 69.1 Å². The van der Waals surface area contributed by atoms with E-state index in [0.717, 1.165) is 43.2 Å². The lowest BCUT2D eigenvalue weighted by Gasteiger charge is -2.67. The van der Waals surface area contributed by atoms with Gasteiger partial charge in [0.15, 0.2) is 0 Å². The number of carbonyl (C=O) groups is 2. The summed E-state index contributed by atoms with van der Waals surface area (Å²) >= 11 is 0. The third kappa shape index (κ3) is 4.63. The minimum atomic E-state index is -0.742. The molecule has 1 spiro atoms. The molecule has 5 atom stereocenters. The second kappa shape index (κ2) is 10.4. The molecule has 234 valence electrons. The number of imide groups is 1. The van der Waals surface area contributed by atoms with E-state index >= 15 is 0 Å². The van der Waals surface area contributed by atoms with Crippen LogP contribution < -0.4 is 9.47 Å². The molecule has 0 saturated heterocycles. The van der Waals surface area contributed by atoms with E-state index in [1.54, 1.807) is 20.8 Å². The first-order valence-electron chi connectivity index (χ1n) is 15.9. The third-order valence-electron chi connectivity index (χ3n) is 11.2. The maximum atomic E-state index is 13.8. The van der Waals surface area contributed by atoms with Gasteiger partial charge >= 0.3 is 6.09 Å². The number of carbonyl (C=O) groups excluding carboxylic acids is 2. The fourth-order valence-corrected chi connectivity index (χ4v) is 8.62. The molecule has 2 aliphatic carbocycles. The van der Waals surface area contributed by atoms with Gasteiger partial charge in [0.05, 0.1) is 12.1 Å². The first kappa shape index (κ1) is 30.3. The Morgan fingerprint density at radius 3 is 2.55 bits per heavy atom. The van der Waals surface area contributed by atoms with Gasteiger partial charge in [0, 0.05) is 33.4 Å². The van der Waals surface area contributed by atoms with Crippen molar-refractivity contribution >= 4 is 12.0 Å². The van der Waals surface area contributed by atoms with Crippen LogP contribution in [0.2, 0.25) is 0 Å². The van der Waals surface area contributed by atoms with Gasteiger partial charge in [-0.1, -0.05) is 63.1 Å². The maximum absolute atomic E-state index is 13.8. The van der Waals surface area contributed by atoms with Crippen LogP contribution in [0.25, 0.3) is 10.4 Å². The second-order valence-corrected chi connectivity index (χ2v) is 15.1. The number of ether oxygens (including phenoxy) is 3. The van der Waals surface area contributed by atoms with Crippen molar-refractivity contribution in [2.45, 2.75) is 111 Å². The van der Waals surface area contributed by atoms with Gasteiger partial charge in [-0.3, -0.25) is 4.79 Å². The molecular formula is C35H44N4O5. The molecule has 2 aromatic rings. The number of hydrogen-bond donors (Lipinski definition) is 0. The standard InChI is InChI=1S/C35H44N4O5/c1-21-13-14-27-33(5,6)28(37-38-36)15-16-35(27)34(21,7)18-24-26(42-20-22-11-9-8-10-12-22)17-23-25(29(24)43-35)19-39(30(23)40)31(41)44-32(2,3)4/h8-12,17,21,27-28H,13-16,18-20H2,1-7H3/t21-,27-,28-,34+,35-/m0/s1. The quantitative estimate of drug-likeness (QED) is 0.199. The summed E-state index contributed by atoms with van der Waals surface area (Å²) in [6.45, 7) is 14.9. The minimum Gasteiger partial charge on any atom is -0.488 e. The summed E-state index contributed by atoms with van der Waals surface area (Å²) in [4.78, 5) is 31.4. The van der Waals surface area contributed by atoms with E-state index < -0.39 is 23.2 Å². The Morgan fingerprint density at radius 1 is 1.14 bits per heavy atom. The Labute approximate surface area is 259 Å². The molecule has 2 amide bonds. The van der Waals surface area contributed by atoms with E-state index in [0.29, 0.717) is 35.2 Å². The van der Waals surface area contributed by atoms with Crippen LogP contribution in [0, 0.1) is 22.7 Å². The molecule has 2 aliphatic heterocycles. The van der Waals surface area contributed by atoms with Gasteiger partial charge in [-0.2, -0.15) is 0 Å². The van der Waals surface area contributed by atoms with Crippen LogP contribution in [0.4, 0.5) is 4.79 Å². The lowest BCUT2D eigenvalue weighted by atomic mass is 9.43. The molecule has 0 aromatic heterocycles. The second-order valence-electron chi connectivity index (χ2n) is 15.1. The van der Waals surface area contributed by atoms with Gasteiger partial charge in [0.2, 0.25) is 0 Å². The highest BCUT2D eigenvalue weighted by atomic mass is 16.6. The molecule has 9 heteroatoms. The molecule has 2 saturated carbocycles. The van der Waals surface area contributed by atoms with E-state index in [1.165, 1.54) is 4.90 Å². The molecule has 6 rings (SSSR count). The van der Waals surface area contributed by atoms with Gasteiger partial charge < -0.3 is 14.2 Å². The molecule has 44 heavy (non-hydrogen) atoms. The summed E-state index contributed by atoms with van der Waals surface area (Å²) in [5, 5.41) is 4.24. The van der Waals surface area contributed by atoms with Crippen molar-refractivity contribution in [2.24, 2.45) is 27.8 Å². The van der Waals surface area contributed by atoms with Crippen LogP contribution in [-0.2, 0) is 24.3 Å². The van der Waals surface area contributed by atoms with E-state index in [-0.39, 0.29) is 29.3 Å². The number of fused-ring (bicyclic) bond motifs is 3. The van der Waals surface area contributed by atoms with Crippen LogP contribution in [0.3, 0.4) is 0 Å². The highest BCUT2D eigenvalue weighted by molar-refractivity contribution is 6.07. The van der Waals surface area contributed by atoms with Crippen molar-refractivity contribution < 1.29 is 23.8 Å². The van der Waals surface area contributed by atoms with E-state index in [1.807, 2.05) is 36.4 Å². The number of azide groups is 1. The van der Waals surface area contributed by atoms with Crippen molar-refractivity contribution in [2.75, 3.05) is 0 Å². The first-order valence-corrected chi connectivity index (χ1v) is 15.9. The normalized spacial score (nSPS) is 30.1. The monoisotopic (exact) mass is 600 g/mol. The number of hydrogen-bond acceptors (Lipinski definition) is 6. The molecule has 0 radical (unpaired) electrons. The van der Waals surface area contributed by atoms with E-state index in [9.17, 15) is 15.1 Å². The van der Waals surface area contributed by atoms with Gasteiger partial charge in [0.25, 0.3) is 5.91 Å². The Bertz CT molecular complexity index is 1540. The number of rotatable bonds is 4. The maximum Gasteiger partial charge on any atom is 0.417 e. The van der Waals surface area contributed by atoms with Gasteiger partial charge in [-0.15, -0.1) is 0 Å². The van der Waals surface area contributed by atoms with Crippen LogP contribution in [-0.4, -0.2) is 34.1 Å². The van der Waals surface area contributed by atoms with Crippen LogP contribution in [0.1, 0.15) is 101 Å². The molecule has 2 heterocycles. The lowest BCUT2D eigenvalue weighted by Crippen LogP contribution is -2.70. The molecular weight excluding hydrogens is 556 g/mol. The smallest absolute Gasteiger partial charge is 0.417 e. The SMILES string of the molecule is C[C@H]1CC[C@H]2C(C)(C)[C@@H](N=[N+]=[N-])CC[C@]23Oc2c(c(OCc4ccccc4)cc4c2CN(C(=O)OC(C)(C)C)C4=O)C[C@]13C. The largest absolute Gasteiger partial charge is 0.488 e. The number of benzene rings is 2. The van der Waals surface area contributed by atoms with Crippen LogP contribution in [0.5, 0.6) is 11.5 Å². The summed E-state index contributed by atoms with van der Waals surface area (Å²) in [6.07, 6.45) is 3.54. The zero-order valence-corrected chi connectivity index (χ0v) is 27.0. The average molecular weight is 601 g/mol. The minimum absolute atomic E-state index is 0.0855. The highest BCUT2D eigenvalue weighted by Crippen LogP contribution is 2.67. The molecule has 2 aromatic carbocycles. The molecule has 4 aliphatic rings. The predicted molar refractivity (Wildman–Crippen MR) is 166 cm³/mol. The predicted octanol–water partition coefficient (Wildman–Crippen LogP) is 8.38. The Kier molecular flexibility index (Phi) is 7.19. The van der Waals surface area contributed by atoms with Crippen molar-refractivity contribution in [3.63, 3.8) is 0 Å². The summed E-state index contributed by atoms with van der Waals surface area (Å²) in [6, 6.07) is 11.6. The van der Waals surface area contributed by atoms with E-state index in [4.69, 9.17) is 14.2 Å². The molecule has 2 fully saturated rings. The molecule has 0 bridgehead atoms. The Morgan fingerprint density at radius 2 is 1.86 bits per heavy atom. The fraction of sp³-hybridized carbons (Fsp3) is 0.600. The van der Waals surface area contributed by atoms with Crippen molar-refractivity contribution in [1.29, 1.82) is 0 Å². The average Bonchev–Trinajstić information content (AvgIpc) is 3.29. The summed E-state index contributed by atoms with van der Waals surface area (Å²) in [7, 11) is 0. The van der Waals surface area contributed by atoms with Crippen LogP contribution in [0.15, 0.2) is 41.5 Å². The van der Waals surface area contributed by atoms with E-state index in [2.05, 4.69) is 37.7 Å². The van der Waals surface area contributed by atoms with Gasteiger partial charge in [-0.25, -0.2) is 9.69 Å². The van der Waals surface area contributed by atoms with Crippen molar-refractivity contribution in [1.82, 2.24) is 4.90 Å². The molecule has 0 N–H and O–H groups in total. The lowest BCUT2D eigenvalue weighted by molar-refractivity contribution is -0.214. The zero-order chi connectivity index (χ0) is 31.7. The van der Waals surface area contributed by atoms with Crippen molar-refractivity contribution in [3.8, 4) is 11.5 Å². The Balaban J connectivity index is 1.48.